The summed E-state index contributed by atoms with van der Waals surface area (Å²) in [6, 6.07) is 7.69. The van der Waals surface area contributed by atoms with Gasteiger partial charge in [0.25, 0.3) is 5.91 Å². The Morgan fingerprint density at radius 2 is 1.66 bits per heavy atom. The molecule has 13 heteroatoms. The number of nitrogens with one attached hydrogen (secondary N) is 1. The maximum Gasteiger partial charge on any atom is 0.266 e. The molecule has 2 fully saturated rings. The first-order valence-corrected chi connectivity index (χ1v) is 13.0. The zero-order valence-electron chi connectivity index (χ0n) is 19.9. The predicted octanol–water partition coefficient (Wildman–Crippen LogP) is 0.598. The number of amides is 2. The molecule has 0 aromatic heterocycles. The number of hydrogen-bond donors (Lipinski definition) is 3. The first-order valence-electron chi connectivity index (χ1n) is 11.6. The van der Waals surface area contributed by atoms with Crippen LogP contribution in [0.1, 0.15) is 32.6 Å². The van der Waals surface area contributed by atoms with E-state index < -0.39 is 33.2 Å². The Morgan fingerprint density at radius 1 is 1.06 bits per heavy atom. The van der Waals surface area contributed by atoms with Crippen molar-refractivity contribution >= 4 is 39.9 Å². The van der Waals surface area contributed by atoms with Gasteiger partial charge in [-0.25, -0.2) is 13.9 Å². The molecule has 1 aromatic rings. The highest BCUT2D eigenvalue weighted by molar-refractivity contribution is 7.91. The molecule has 0 radical (unpaired) electrons. The summed E-state index contributed by atoms with van der Waals surface area (Å²) >= 11 is 0. The van der Waals surface area contributed by atoms with Crippen molar-refractivity contribution in [3.63, 3.8) is 0 Å². The molecule has 0 atom stereocenters. The molecule has 198 valence electrons. The number of hydrogen-bond acceptors (Lipinski definition) is 8. The smallest absolute Gasteiger partial charge is 0.266 e. The molecule has 0 saturated carbocycles. The fourth-order valence-electron chi connectivity index (χ4n) is 4.44. The zero-order valence-corrected chi connectivity index (χ0v) is 21.5. The van der Waals surface area contributed by atoms with Crippen molar-refractivity contribution in [1.82, 2.24) is 14.7 Å². The van der Waals surface area contributed by atoms with E-state index in [4.69, 9.17) is 9.84 Å². The molecular formula is C22H35ClN4O7S. The van der Waals surface area contributed by atoms with Gasteiger partial charge in [0.05, 0.1) is 6.61 Å². The number of piperazine rings is 1. The van der Waals surface area contributed by atoms with E-state index in [1.54, 1.807) is 0 Å². The van der Waals surface area contributed by atoms with Crippen molar-refractivity contribution in [2.24, 2.45) is 0 Å². The number of rotatable bonds is 9. The zero-order chi connectivity index (χ0) is 24.8. The lowest BCUT2D eigenvalue weighted by molar-refractivity contribution is -0.139. The summed E-state index contributed by atoms with van der Waals surface area (Å²) in [5, 5.41) is 18.4. The van der Waals surface area contributed by atoms with Crippen molar-refractivity contribution in [3.05, 3.63) is 24.3 Å². The van der Waals surface area contributed by atoms with Gasteiger partial charge in [0.1, 0.15) is 12.4 Å². The molecule has 3 N–H and O–H groups in total. The first-order chi connectivity index (χ1) is 16.3. The Labute approximate surface area is 212 Å². The number of aliphatic hydroxyl groups excluding tert-OH is 1. The van der Waals surface area contributed by atoms with E-state index in [1.807, 2.05) is 24.3 Å². The second-order valence-corrected chi connectivity index (χ2v) is 10.8. The van der Waals surface area contributed by atoms with Crippen molar-refractivity contribution in [3.8, 4) is 5.75 Å². The van der Waals surface area contributed by atoms with Gasteiger partial charge in [-0.2, -0.15) is 4.31 Å². The van der Waals surface area contributed by atoms with Crippen LogP contribution in [-0.4, -0.2) is 97.0 Å². The topological polar surface area (TPSA) is 140 Å². The lowest BCUT2D eigenvalue weighted by Crippen LogP contribution is -2.64. The van der Waals surface area contributed by atoms with Crippen molar-refractivity contribution in [2.45, 2.75) is 37.4 Å². The largest absolute Gasteiger partial charge is 0.494 e. The fourth-order valence-corrected chi connectivity index (χ4v) is 6.56. The third-order valence-electron chi connectivity index (χ3n) is 6.62. The van der Waals surface area contributed by atoms with Crippen molar-refractivity contribution < 1.29 is 33.1 Å². The van der Waals surface area contributed by atoms with Crippen LogP contribution in [0, 0.1) is 0 Å². The van der Waals surface area contributed by atoms with Gasteiger partial charge < -0.3 is 19.6 Å². The normalized spacial score (nSPS) is 18.5. The number of aliphatic hydroxyl groups is 1. The third kappa shape index (κ3) is 6.18. The summed E-state index contributed by atoms with van der Waals surface area (Å²) in [6.45, 7) is 3.36. The van der Waals surface area contributed by atoms with Crippen LogP contribution < -0.4 is 15.1 Å². The van der Waals surface area contributed by atoms with Gasteiger partial charge in [0, 0.05) is 45.0 Å². The van der Waals surface area contributed by atoms with E-state index in [2.05, 4.69) is 11.8 Å². The molecule has 2 saturated heterocycles. The van der Waals surface area contributed by atoms with Crippen LogP contribution in [0.3, 0.4) is 0 Å². The highest BCUT2D eigenvalue weighted by atomic mass is 35.5. The minimum Gasteiger partial charge on any atom is -0.494 e. The van der Waals surface area contributed by atoms with Crippen LogP contribution in [0.5, 0.6) is 5.75 Å². The summed E-state index contributed by atoms with van der Waals surface area (Å²) in [5.41, 5.74) is 2.47. The lowest BCUT2D eigenvalue weighted by Gasteiger charge is -2.44. The quantitative estimate of drug-likeness (QED) is 0.238. The number of likely N-dealkylation sites (tertiary alicyclic amines) is 1. The molecule has 0 spiro atoms. The monoisotopic (exact) mass is 534 g/mol. The number of sulfonamides is 1. The Balaban J connectivity index is 0.00000432. The maximum absolute atomic E-state index is 13.6. The number of anilines is 1. The number of benzene rings is 1. The molecule has 2 amide bonds. The van der Waals surface area contributed by atoms with Gasteiger partial charge in [-0.05, 0) is 43.5 Å². The van der Waals surface area contributed by atoms with Gasteiger partial charge in [-0.15, -0.1) is 12.4 Å². The molecule has 0 aliphatic carbocycles. The van der Waals surface area contributed by atoms with Crippen LogP contribution in [0.2, 0.25) is 0 Å². The van der Waals surface area contributed by atoms with Gasteiger partial charge in [0.2, 0.25) is 15.9 Å². The van der Waals surface area contributed by atoms with Gasteiger partial charge in [0.15, 0.2) is 4.75 Å². The number of carbonyl (C=O) groups excluding carboxylic acids is 2. The van der Waals surface area contributed by atoms with E-state index in [-0.39, 0.29) is 51.4 Å². The molecular weight excluding hydrogens is 500 g/mol. The van der Waals surface area contributed by atoms with Crippen LogP contribution >= 0.6 is 12.4 Å². The number of piperidine rings is 1. The molecule has 0 bridgehead atoms. The molecule has 2 heterocycles. The number of halogens is 1. The number of ether oxygens (including phenoxy) is 1. The summed E-state index contributed by atoms with van der Waals surface area (Å²) in [6.07, 6.45) is 1.73. The van der Waals surface area contributed by atoms with Gasteiger partial charge >= 0.3 is 0 Å². The van der Waals surface area contributed by atoms with Gasteiger partial charge in [-0.1, -0.05) is 13.3 Å². The van der Waals surface area contributed by atoms with E-state index in [0.717, 1.165) is 24.3 Å². The van der Waals surface area contributed by atoms with Crippen LogP contribution in [0.4, 0.5) is 5.69 Å². The average Bonchev–Trinajstić information content (AvgIpc) is 2.88. The summed E-state index contributed by atoms with van der Waals surface area (Å²) in [7, 11) is -4.12. The SMILES string of the molecule is CCCCOc1ccc(N2CCN(S(=O)(=O)C3(C(=O)NO)CCN(C(=O)CO)CC3)CC2)cc1.Cl. The molecule has 2 aliphatic rings. The molecule has 2 aliphatic heterocycles. The standard InChI is InChI=1S/C22H34N4O7S.ClH/c1-2-3-16-33-19-6-4-18(5-7-19)24-12-14-26(15-13-24)34(31,32)22(21(29)23-30)8-10-25(11-9-22)20(28)17-27;/h4-7,27,30H,2-3,8-17H2,1H3,(H,23,29);1H. The Hall–Kier alpha value is -2.12. The van der Waals surface area contributed by atoms with E-state index in [1.165, 1.54) is 14.7 Å². The number of carbonyl (C=O) groups is 2. The number of unbranched alkanes of at least 4 members (excludes halogenated alkanes) is 1. The highest BCUT2D eigenvalue weighted by Crippen LogP contribution is 2.34. The molecule has 35 heavy (non-hydrogen) atoms. The Bertz CT molecular complexity index is 945. The second kappa shape index (κ2) is 12.7. The van der Waals surface area contributed by atoms with Gasteiger partial charge in [-0.3, -0.25) is 14.8 Å². The molecule has 11 nitrogen and oxygen atoms in total. The summed E-state index contributed by atoms with van der Waals surface area (Å²) in [4.78, 5) is 27.8. The highest BCUT2D eigenvalue weighted by Gasteiger charge is 2.55. The minimum absolute atomic E-state index is 0. The van der Waals surface area contributed by atoms with E-state index >= 15 is 0 Å². The second-order valence-electron chi connectivity index (χ2n) is 8.56. The number of nitrogens with zero attached hydrogens (tertiary/aromatic N) is 3. The first kappa shape index (κ1) is 29.1. The molecule has 3 rings (SSSR count). The summed E-state index contributed by atoms with van der Waals surface area (Å²) in [5.74, 6) is -0.725. The summed E-state index contributed by atoms with van der Waals surface area (Å²) < 4.78 is 32.3. The van der Waals surface area contributed by atoms with Crippen LogP contribution in [0.15, 0.2) is 24.3 Å². The molecule has 1 aromatic carbocycles. The predicted molar refractivity (Wildman–Crippen MR) is 132 cm³/mol. The Kier molecular flexibility index (Phi) is 10.6. The maximum atomic E-state index is 13.6. The lowest BCUT2D eigenvalue weighted by atomic mass is 9.95. The fraction of sp³-hybridized carbons (Fsp3) is 0.636. The third-order valence-corrected chi connectivity index (χ3v) is 9.24. The van der Waals surface area contributed by atoms with Crippen LogP contribution in [0.25, 0.3) is 0 Å². The van der Waals surface area contributed by atoms with Crippen molar-refractivity contribution in [2.75, 3.05) is 57.4 Å². The average molecular weight is 535 g/mol. The Morgan fingerprint density at radius 3 is 2.17 bits per heavy atom. The van der Waals surface area contributed by atoms with E-state index in [9.17, 15) is 23.2 Å². The number of hydroxylamine groups is 1. The van der Waals surface area contributed by atoms with E-state index in [0.29, 0.717) is 19.7 Å². The van der Waals surface area contributed by atoms with Crippen LogP contribution in [-0.2, 0) is 19.6 Å². The molecule has 0 unspecified atom stereocenters. The minimum atomic E-state index is -4.12. The van der Waals surface area contributed by atoms with Crippen molar-refractivity contribution in [1.29, 1.82) is 0 Å².